The van der Waals surface area contributed by atoms with Crippen molar-refractivity contribution >= 4 is 29.1 Å². The molecule has 3 rings (SSSR count). The lowest BCUT2D eigenvalue weighted by Crippen LogP contribution is -2.29. The molecule has 8 heteroatoms. The van der Waals surface area contributed by atoms with Crippen molar-refractivity contribution in [2.45, 2.75) is 6.54 Å². The van der Waals surface area contributed by atoms with Crippen LogP contribution in [-0.2, 0) is 11.3 Å². The molecule has 0 unspecified atom stereocenters. The topological polar surface area (TPSA) is 77.0 Å². The second-order valence-corrected chi connectivity index (χ2v) is 6.07. The third kappa shape index (κ3) is 4.68. The van der Waals surface area contributed by atoms with E-state index in [-0.39, 0.29) is 19.1 Å². The van der Waals surface area contributed by atoms with Crippen LogP contribution in [0, 0.1) is 0 Å². The van der Waals surface area contributed by atoms with E-state index >= 15 is 0 Å². The average Bonchev–Trinajstić information content (AvgIpc) is 2.66. The Morgan fingerprint density at radius 2 is 1.81 bits per heavy atom. The average molecular weight is 389 g/mol. The molecule has 26 heavy (non-hydrogen) atoms. The molecule has 0 bridgehead atoms. The van der Waals surface area contributed by atoms with Gasteiger partial charge in [-0.2, -0.15) is 0 Å². The molecule has 6 nitrogen and oxygen atoms in total. The van der Waals surface area contributed by atoms with Crippen LogP contribution in [0.4, 0.5) is 0 Å². The van der Waals surface area contributed by atoms with E-state index in [1.54, 1.807) is 43.0 Å². The first-order chi connectivity index (χ1) is 12.6. The summed E-state index contributed by atoms with van der Waals surface area (Å²) in [5.74, 6) is 0.0885. The first kappa shape index (κ1) is 18.1. The standard InChI is InChI=1S/C18H14Cl2N4O2/c19-13-1-2-16(14(20)9-13)26-11-17(25)24-10-15-18(23-8-7-22-15)12-3-5-21-6-4-12/h1-9H,10-11H2,(H,24,25). The van der Waals surface area contributed by atoms with E-state index in [9.17, 15) is 4.79 Å². The molecule has 3 aromatic rings. The number of halogens is 2. The van der Waals surface area contributed by atoms with Crippen LogP contribution in [-0.4, -0.2) is 27.5 Å². The summed E-state index contributed by atoms with van der Waals surface area (Å²) in [7, 11) is 0. The molecule has 0 saturated heterocycles. The predicted molar refractivity (Wildman–Crippen MR) is 99.1 cm³/mol. The van der Waals surface area contributed by atoms with Crippen LogP contribution >= 0.6 is 23.2 Å². The number of aromatic nitrogens is 3. The molecule has 1 N–H and O–H groups in total. The number of hydrogen-bond acceptors (Lipinski definition) is 5. The minimum absolute atomic E-state index is 0.174. The largest absolute Gasteiger partial charge is 0.482 e. The Balaban J connectivity index is 1.60. The lowest BCUT2D eigenvalue weighted by Gasteiger charge is -2.10. The van der Waals surface area contributed by atoms with E-state index < -0.39 is 0 Å². The summed E-state index contributed by atoms with van der Waals surface area (Å²) in [4.78, 5) is 24.7. The summed E-state index contributed by atoms with van der Waals surface area (Å²) < 4.78 is 5.41. The van der Waals surface area contributed by atoms with Gasteiger partial charge in [-0.15, -0.1) is 0 Å². The van der Waals surface area contributed by atoms with Gasteiger partial charge in [-0.1, -0.05) is 23.2 Å². The number of carbonyl (C=O) groups excluding carboxylic acids is 1. The second-order valence-electron chi connectivity index (χ2n) is 5.23. The molecule has 0 radical (unpaired) electrons. The number of pyridine rings is 1. The van der Waals surface area contributed by atoms with Crippen molar-refractivity contribution in [3.05, 3.63) is 70.9 Å². The van der Waals surface area contributed by atoms with Crippen molar-refractivity contribution < 1.29 is 9.53 Å². The Labute approximate surface area is 160 Å². The number of rotatable bonds is 6. The zero-order valence-corrected chi connectivity index (χ0v) is 15.0. The maximum atomic E-state index is 12.1. The normalized spacial score (nSPS) is 10.4. The summed E-state index contributed by atoms with van der Waals surface area (Å²) in [6.07, 6.45) is 6.54. The predicted octanol–water partition coefficient (Wildman–Crippen LogP) is 3.54. The zero-order chi connectivity index (χ0) is 18.4. The highest BCUT2D eigenvalue weighted by molar-refractivity contribution is 6.35. The molecule has 0 atom stereocenters. The summed E-state index contributed by atoms with van der Waals surface area (Å²) in [5.41, 5.74) is 2.22. The first-order valence-electron chi connectivity index (χ1n) is 7.68. The van der Waals surface area contributed by atoms with Gasteiger partial charge in [0, 0.05) is 35.4 Å². The van der Waals surface area contributed by atoms with E-state index in [0.29, 0.717) is 27.2 Å². The van der Waals surface area contributed by atoms with Crippen molar-refractivity contribution in [3.63, 3.8) is 0 Å². The van der Waals surface area contributed by atoms with E-state index in [1.807, 2.05) is 12.1 Å². The van der Waals surface area contributed by atoms with Crippen LogP contribution in [0.1, 0.15) is 5.69 Å². The lowest BCUT2D eigenvalue weighted by molar-refractivity contribution is -0.123. The van der Waals surface area contributed by atoms with Crippen LogP contribution < -0.4 is 10.1 Å². The van der Waals surface area contributed by atoms with E-state index in [2.05, 4.69) is 20.3 Å². The molecule has 0 aliphatic rings. The number of amides is 1. The van der Waals surface area contributed by atoms with Crippen LogP contribution in [0.5, 0.6) is 5.75 Å². The number of ether oxygens (including phenoxy) is 1. The molecule has 1 amide bonds. The van der Waals surface area contributed by atoms with E-state index in [0.717, 1.165) is 5.56 Å². The molecular weight excluding hydrogens is 375 g/mol. The smallest absolute Gasteiger partial charge is 0.258 e. The van der Waals surface area contributed by atoms with Gasteiger partial charge < -0.3 is 10.1 Å². The number of nitrogens with one attached hydrogen (secondary N) is 1. The quantitative estimate of drug-likeness (QED) is 0.698. The Morgan fingerprint density at radius 1 is 1.04 bits per heavy atom. The minimum atomic E-state index is -0.303. The highest BCUT2D eigenvalue weighted by Crippen LogP contribution is 2.27. The fourth-order valence-corrected chi connectivity index (χ4v) is 2.68. The van der Waals surface area contributed by atoms with Gasteiger partial charge in [0.25, 0.3) is 5.91 Å². The van der Waals surface area contributed by atoms with Gasteiger partial charge in [0.05, 0.1) is 23.0 Å². The van der Waals surface area contributed by atoms with Gasteiger partial charge in [0.2, 0.25) is 0 Å². The lowest BCUT2D eigenvalue weighted by atomic mass is 10.1. The van der Waals surface area contributed by atoms with Gasteiger partial charge in [-0.05, 0) is 30.3 Å². The second kappa shape index (κ2) is 8.60. The number of nitrogens with zero attached hydrogens (tertiary/aromatic N) is 3. The van der Waals surface area contributed by atoms with Gasteiger partial charge in [0.15, 0.2) is 6.61 Å². The molecule has 0 aliphatic carbocycles. The molecule has 2 aromatic heterocycles. The van der Waals surface area contributed by atoms with Gasteiger partial charge in [-0.25, -0.2) is 0 Å². The van der Waals surface area contributed by atoms with Gasteiger partial charge in [-0.3, -0.25) is 19.7 Å². The van der Waals surface area contributed by atoms with Crippen LogP contribution in [0.2, 0.25) is 10.0 Å². The minimum Gasteiger partial charge on any atom is -0.482 e. The maximum absolute atomic E-state index is 12.1. The number of hydrogen-bond donors (Lipinski definition) is 1. The molecule has 2 heterocycles. The highest BCUT2D eigenvalue weighted by atomic mass is 35.5. The molecular formula is C18H14Cl2N4O2. The molecule has 0 saturated carbocycles. The number of benzene rings is 1. The van der Waals surface area contributed by atoms with Crippen molar-refractivity contribution in [2.75, 3.05) is 6.61 Å². The first-order valence-corrected chi connectivity index (χ1v) is 8.44. The Hall–Kier alpha value is -2.70. The molecule has 0 aliphatic heterocycles. The zero-order valence-electron chi connectivity index (χ0n) is 13.5. The van der Waals surface area contributed by atoms with Crippen LogP contribution in [0.15, 0.2) is 55.1 Å². The summed E-state index contributed by atoms with van der Waals surface area (Å²) in [5, 5.41) is 3.60. The third-order valence-electron chi connectivity index (χ3n) is 3.43. The fraction of sp³-hybridized carbons (Fsp3) is 0.111. The SMILES string of the molecule is O=C(COc1ccc(Cl)cc1Cl)NCc1nccnc1-c1ccncc1. The van der Waals surface area contributed by atoms with Gasteiger partial charge >= 0.3 is 0 Å². The summed E-state index contributed by atoms with van der Waals surface area (Å²) in [6.45, 7) is 0.0498. The monoisotopic (exact) mass is 388 g/mol. The van der Waals surface area contributed by atoms with Crippen molar-refractivity contribution in [1.82, 2.24) is 20.3 Å². The highest BCUT2D eigenvalue weighted by Gasteiger charge is 2.10. The van der Waals surface area contributed by atoms with E-state index in [4.69, 9.17) is 27.9 Å². The molecule has 1 aromatic carbocycles. The van der Waals surface area contributed by atoms with E-state index in [1.165, 1.54) is 0 Å². The molecule has 0 spiro atoms. The summed E-state index contributed by atoms with van der Waals surface area (Å²) in [6, 6.07) is 8.47. The van der Waals surface area contributed by atoms with Crippen molar-refractivity contribution in [3.8, 4) is 17.0 Å². The number of carbonyl (C=O) groups is 1. The van der Waals surface area contributed by atoms with Crippen molar-refractivity contribution in [2.24, 2.45) is 0 Å². The molecule has 0 fully saturated rings. The van der Waals surface area contributed by atoms with Crippen LogP contribution in [0.3, 0.4) is 0 Å². The third-order valence-corrected chi connectivity index (χ3v) is 3.96. The summed E-state index contributed by atoms with van der Waals surface area (Å²) >= 11 is 11.8. The van der Waals surface area contributed by atoms with Crippen LogP contribution in [0.25, 0.3) is 11.3 Å². The fourth-order valence-electron chi connectivity index (χ4n) is 2.22. The Kier molecular flexibility index (Phi) is 5.99. The molecule has 132 valence electrons. The Morgan fingerprint density at radius 3 is 2.58 bits per heavy atom. The van der Waals surface area contributed by atoms with Crippen molar-refractivity contribution in [1.29, 1.82) is 0 Å². The van der Waals surface area contributed by atoms with Gasteiger partial charge in [0.1, 0.15) is 5.75 Å². The Bertz CT molecular complexity index is 907. The maximum Gasteiger partial charge on any atom is 0.258 e.